The number of hydrogen-bond acceptors (Lipinski definition) is 6. The van der Waals surface area contributed by atoms with Crippen molar-refractivity contribution < 1.29 is 17.9 Å². The van der Waals surface area contributed by atoms with Crippen molar-refractivity contribution in [2.75, 3.05) is 36.5 Å². The SMILES string of the molecule is Cc1c(CNc2nnc(C)c3ncc(N4CCOCC4)cc23)cccc1C(F)(F)F. The van der Waals surface area contributed by atoms with Crippen molar-refractivity contribution in [2.45, 2.75) is 26.6 Å². The van der Waals surface area contributed by atoms with Crippen LogP contribution in [0.1, 0.15) is 22.4 Å². The van der Waals surface area contributed by atoms with Gasteiger partial charge in [-0.2, -0.15) is 18.3 Å². The zero-order valence-electron chi connectivity index (χ0n) is 16.8. The van der Waals surface area contributed by atoms with Crippen LogP contribution in [0, 0.1) is 13.8 Å². The third kappa shape index (κ3) is 4.02. The van der Waals surface area contributed by atoms with Crippen LogP contribution in [0.25, 0.3) is 10.9 Å². The molecule has 0 unspecified atom stereocenters. The van der Waals surface area contributed by atoms with Crippen molar-refractivity contribution in [2.24, 2.45) is 0 Å². The molecular weight excluding hydrogens is 395 g/mol. The Kier molecular flexibility index (Phi) is 5.46. The van der Waals surface area contributed by atoms with Crippen molar-refractivity contribution >= 4 is 22.4 Å². The first-order valence-corrected chi connectivity index (χ1v) is 9.70. The fourth-order valence-electron chi connectivity index (χ4n) is 3.63. The smallest absolute Gasteiger partial charge is 0.378 e. The molecule has 2 aromatic heterocycles. The molecule has 1 aliphatic rings. The zero-order valence-corrected chi connectivity index (χ0v) is 16.8. The van der Waals surface area contributed by atoms with Crippen LogP contribution in [0.3, 0.4) is 0 Å². The number of fused-ring (bicyclic) bond motifs is 1. The molecule has 0 spiro atoms. The van der Waals surface area contributed by atoms with E-state index in [-0.39, 0.29) is 12.1 Å². The molecule has 0 aliphatic carbocycles. The molecule has 30 heavy (non-hydrogen) atoms. The molecule has 1 aromatic carbocycles. The summed E-state index contributed by atoms with van der Waals surface area (Å²) >= 11 is 0. The standard InChI is InChI=1S/C21H22F3N5O/c1-13-15(4-3-5-18(13)21(22,23)24)11-26-20-17-10-16(29-6-8-30-9-7-29)12-25-19(17)14(2)27-28-20/h3-5,10,12H,6-9,11H2,1-2H3,(H,26,28). The molecule has 1 aliphatic heterocycles. The molecule has 0 atom stereocenters. The summed E-state index contributed by atoms with van der Waals surface area (Å²) < 4.78 is 45.0. The van der Waals surface area contributed by atoms with Gasteiger partial charge < -0.3 is 15.0 Å². The number of aryl methyl sites for hydroxylation is 1. The van der Waals surface area contributed by atoms with Crippen LogP contribution in [0.15, 0.2) is 30.5 Å². The number of nitrogens with one attached hydrogen (secondary N) is 1. The second kappa shape index (κ2) is 8.06. The summed E-state index contributed by atoms with van der Waals surface area (Å²) in [6.07, 6.45) is -2.57. The minimum Gasteiger partial charge on any atom is -0.378 e. The summed E-state index contributed by atoms with van der Waals surface area (Å²) in [7, 11) is 0. The van der Waals surface area contributed by atoms with E-state index in [1.165, 1.54) is 13.0 Å². The molecular formula is C21H22F3N5O. The molecule has 0 saturated carbocycles. The lowest BCUT2D eigenvalue weighted by Crippen LogP contribution is -2.36. The van der Waals surface area contributed by atoms with Gasteiger partial charge in [0.15, 0.2) is 5.82 Å². The number of ether oxygens (including phenoxy) is 1. The van der Waals surface area contributed by atoms with Crippen molar-refractivity contribution in [3.8, 4) is 0 Å². The number of benzene rings is 1. The summed E-state index contributed by atoms with van der Waals surface area (Å²) in [4.78, 5) is 6.75. The summed E-state index contributed by atoms with van der Waals surface area (Å²) in [5.41, 5.74) is 2.49. The van der Waals surface area contributed by atoms with Gasteiger partial charge in [0.25, 0.3) is 0 Å². The first kappa shape index (κ1) is 20.3. The second-order valence-electron chi connectivity index (χ2n) is 7.26. The van der Waals surface area contributed by atoms with Gasteiger partial charge in [-0.1, -0.05) is 12.1 Å². The van der Waals surface area contributed by atoms with Crippen LogP contribution in [0.2, 0.25) is 0 Å². The molecule has 6 nitrogen and oxygen atoms in total. The summed E-state index contributed by atoms with van der Waals surface area (Å²) in [5, 5.41) is 12.3. The first-order valence-electron chi connectivity index (χ1n) is 9.70. The van der Waals surface area contributed by atoms with E-state index in [1.807, 2.05) is 19.2 Å². The van der Waals surface area contributed by atoms with Gasteiger partial charge in [0.05, 0.1) is 41.9 Å². The highest BCUT2D eigenvalue weighted by molar-refractivity contribution is 5.92. The molecule has 158 valence electrons. The van der Waals surface area contributed by atoms with E-state index in [9.17, 15) is 13.2 Å². The van der Waals surface area contributed by atoms with Crippen molar-refractivity contribution in [3.63, 3.8) is 0 Å². The normalized spacial score (nSPS) is 14.9. The van der Waals surface area contributed by atoms with Crippen molar-refractivity contribution in [1.29, 1.82) is 0 Å². The van der Waals surface area contributed by atoms with Gasteiger partial charge in [0, 0.05) is 25.0 Å². The molecule has 0 bridgehead atoms. The third-order valence-electron chi connectivity index (χ3n) is 5.34. The Labute approximate surface area is 172 Å². The number of alkyl halides is 3. The minimum absolute atomic E-state index is 0.199. The van der Waals surface area contributed by atoms with Gasteiger partial charge >= 0.3 is 6.18 Å². The van der Waals surface area contributed by atoms with Gasteiger partial charge in [0.2, 0.25) is 0 Å². The molecule has 1 fully saturated rings. The van der Waals surface area contributed by atoms with E-state index in [4.69, 9.17) is 4.74 Å². The zero-order chi connectivity index (χ0) is 21.3. The van der Waals surface area contributed by atoms with E-state index >= 15 is 0 Å². The van der Waals surface area contributed by atoms with E-state index in [0.29, 0.717) is 35.8 Å². The predicted molar refractivity (Wildman–Crippen MR) is 109 cm³/mol. The van der Waals surface area contributed by atoms with Crippen molar-refractivity contribution in [1.82, 2.24) is 15.2 Å². The van der Waals surface area contributed by atoms with Crippen LogP contribution in [0.5, 0.6) is 0 Å². The molecule has 9 heteroatoms. The molecule has 0 amide bonds. The lowest BCUT2D eigenvalue weighted by atomic mass is 10.0. The largest absolute Gasteiger partial charge is 0.416 e. The molecule has 1 N–H and O–H groups in total. The first-order chi connectivity index (χ1) is 14.3. The number of nitrogens with zero attached hydrogens (tertiary/aromatic N) is 4. The maximum atomic E-state index is 13.2. The second-order valence-corrected chi connectivity index (χ2v) is 7.26. The number of anilines is 2. The Bertz CT molecular complexity index is 1060. The number of halogens is 3. The number of pyridine rings is 1. The summed E-state index contributed by atoms with van der Waals surface area (Å²) in [6.45, 7) is 6.38. The highest BCUT2D eigenvalue weighted by Crippen LogP contribution is 2.33. The van der Waals surface area contributed by atoms with E-state index in [2.05, 4.69) is 25.4 Å². The Morgan fingerprint density at radius 2 is 1.90 bits per heavy atom. The topological polar surface area (TPSA) is 63.2 Å². The summed E-state index contributed by atoms with van der Waals surface area (Å²) in [5.74, 6) is 0.495. The maximum absolute atomic E-state index is 13.2. The molecule has 3 aromatic rings. The van der Waals surface area contributed by atoms with Gasteiger partial charge in [-0.15, -0.1) is 5.10 Å². The van der Waals surface area contributed by atoms with Crippen LogP contribution in [-0.4, -0.2) is 41.5 Å². The van der Waals surface area contributed by atoms with Crippen LogP contribution in [-0.2, 0) is 17.5 Å². The molecule has 1 saturated heterocycles. The van der Waals surface area contributed by atoms with E-state index < -0.39 is 11.7 Å². The number of aromatic nitrogens is 3. The van der Waals surface area contributed by atoms with Gasteiger partial charge in [0.1, 0.15) is 0 Å². The number of morpholine rings is 1. The number of hydrogen-bond donors (Lipinski definition) is 1. The third-order valence-corrected chi connectivity index (χ3v) is 5.34. The van der Waals surface area contributed by atoms with Crippen LogP contribution < -0.4 is 10.2 Å². The van der Waals surface area contributed by atoms with E-state index in [1.54, 1.807) is 6.07 Å². The van der Waals surface area contributed by atoms with Gasteiger partial charge in [-0.25, -0.2) is 0 Å². The highest BCUT2D eigenvalue weighted by Gasteiger charge is 2.32. The Balaban J connectivity index is 1.65. The Morgan fingerprint density at radius 1 is 1.13 bits per heavy atom. The molecule has 0 radical (unpaired) electrons. The minimum atomic E-state index is -4.38. The lowest BCUT2D eigenvalue weighted by molar-refractivity contribution is -0.138. The van der Waals surface area contributed by atoms with Gasteiger partial charge in [-0.3, -0.25) is 4.98 Å². The summed E-state index contributed by atoms with van der Waals surface area (Å²) in [6, 6.07) is 6.19. The van der Waals surface area contributed by atoms with Crippen LogP contribution >= 0.6 is 0 Å². The number of rotatable bonds is 4. The Hall–Kier alpha value is -2.94. The fourth-order valence-corrected chi connectivity index (χ4v) is 3.63. The van der Waals surface area contributed by atoms with Crippen LogP contribution in [0.4, 0.5) is 24.7 Å². The highest BCUT2D eigenvalue weighted by atomic mass is 19.4. The predicted octanol–water partition coefficient (Wildman–Crippen LogP) is 4.11. The average molecular weight is 417 g/mol. The quantitative estimate of drug-likeness (QED) is 0.689. The Morgan fingerprint density at radius 3 is 2.63 bits per heavy atom. The maximum Gasteiger partial charge on any atom is 0.416 e. The van der Waals surface area contributed by atoms with E-state index in [0.717, 1.165) is 30.2 Å². The lowest BCUT2D eigenvalue weighted by Gasteiger charge is -2.28. The molecule has 3 heterocycles. The van der Waals surface area contributed by atoms with Crippen molar-refractivity contribution in [3.05, 3.63) is 52.8 Å². The van der Waals surface area contributed by atoms with Gasteiger partial charge in [-0.05, 0) is 37.1 Å². The monoisotopic (exact) mass is 417 g/mol. The average Bonchev–Trinajstić information content (AvgIpc) is 2.74. The fraction of sp³-hybridized carbons (Fsp3) is 0.381. The molecule has 4 rings (SSSR count).